The molecule has 0 radical (unpaired) electrons. The van der Waals surface area contributed by atoms with Gasteiger partial charge < -0.3 is 9.47 Å². The summed E-state index contributed by atoms with van der Waals surface area (Å²) in [5.41, 5.74) is -1.68. The molecule has 0 aliphatic carbocycles. The van der Waals surface area contributed by atoms with Crippen LogP contribution in [0.1, 0.15) is 108 Å². The van der Waals surface area contributed by atoms with E-state index >= 15 is 0 Å². The molecule has 0 aromatic heterocycles. The highest BCUT2D eigenvalue weighted by atomic mass is 32.2. The van der Waals surface area contributed by atoms with E-state index in [0.29, 0.717) is 43.8 Å². The predicted molar refractivity (Wildman–Crippen MR) is 143 cm³/mol. The van der Waals surface area contributed by atoms with E-state index in [1.165, 1.54) is 0 Å². The zero-order valence-electron chi connectivity index (χ0n) is 23.5. The molecule has 0 heterocycles. The molecule has 1 aromatic rings. The number of benzene rings is 1. The molecule has 34 heavy (non-hydrogen) atoms. The minimum Gasteiger partial charge on any atom is -0.376 e. The number of sulfonamides is 1. The lowest BCUT2D eigenvalue weighted by molar-refractivity contribution is -0.0547. The lowest BCUT2D eigenvalue weighted by Crippen LogP contribution is -2.61. The maximum absolute atomic E-state index is 14.2. The van der Waals surface area contributed by atoms with Gasteiger partial charge in [0.25, 0.3) is 0 Å². The molecule has 6 heteroatoms. The number of rotatable bonds is 16. The van der Waals surface area contributed by atoms with E-state index in [0.717, 1.165) is 12.8 Å². The summed E-state index contributed by atoms with van der Waals surface area (Å²) in [6.07, 6.45) is 4.42. The third-order valence-corrected chi connectivity index (χ3v) is 9.99. The van der Waals surface area contributed by atoms with Crippen molar-refractivity contribution in [2.75, 3.05) is 13.2 Å². The first kappa shape index (κ1) is 31.1. The Morgan fingerprint density at radius 1 is 0.676 bits per heavy atom. The molecule has 0 aliphatic rings. The van der Waals surface area contributed by atoms with Gasteiger partial charge in [-0.15, -0.1) is 0 Å². The highest BCUT2D eigenvalue weighted by Crippen LogP contribution is 2.41. The van der Waals surface area contributed by atoms with E-state index in [1.54, 1.807) is 28.6 Å². The molecule has 1 rings (SSSR count). The summed E-state index contributed by atoms with van der Waals surface area (Å²) in [5.74, 6) is 0. The van der Waals surface area contributed by atoms with Crippen LogP contribution in [0.15, 0.2) is 35.2 Å². The molecule has 0 saturated carbocycles. The maximum Gasteiger partial charge on any atom is 0.244 e. The summed E-state index contributed by atoms with van der Waals surface area (Å²) in [6, 6.07) is 8.82. The topological polar surface area (TPSA) is 55.8 Å². The molecule has 0 bridgehead atoms. The van der Waals surface area contributed by atoms with E-state index < -0.39 is 21.1 Å². The third-order valence-electron chi connectivity index (χ3n) is 7.76. The van der Waals surface area contributed by atoms with Crippen LogP contribution in [-0.2, 0) is 19.5 Å². The Kier molecular flexibility index (Phi) is 11.3. The Bertz CT molecular complexity index is 801. The predicted octanol–water partition coefficient (Wildman–Crippen LogP) is 7.21. The van der Waals surface area contributed by atoms with Gasteiger partial charge in [-0.1, -0.05) is 45.9 Å². The molecular formula is C28H51NO4S. The van der Waals surface area contributed by atoms with Crippen LogP contribution in [-0.4, -0.2) is 48.2 Å². The van der Waals surface area contributed by atoms with Gasteiger partial charge in [0.15, 0.2) is 0 Å². The van der Waals surface area contributed by atoms with Gasteiger partial charge >= 0.3 is 0 Å². The molecule has 1 aromatic carbocycles. The van der Waals surface area contributed by atoms with Crippen LogP contribution in [0.25, 0.3) is 0 Å². The first-order valence-electron chi connectivity index (χ1n) is 13.0. The van der Waals surface area contributed by atoms with E-state index in [9.17, 15) is 8.42 Å². The van der Waals surface area contributed by atoms with Crippen LogP contribution in [0.5, 0.6) is 0 Å². The van der Waals surface area contributed by atoms with Crippen molar-refractivity contribution >= 4 is 10.0 Å². The van der Waals surface area contributed by atoms with Gasteiger partial charge in [0.2, 0.25) is 10.0 Å². The van der Waals surface area contributed by atoms with Gasteiger partial charge in [0.1, 0.15) is 0 Å². The zero-order valence-corrected chi connectivity index (χ0v) is 24.3. The summed E-state index contributed by atoms with van der Waals surface area (Å²) < 4.78 is 42.6. The molecular weight excluding hydrogens is 446 g/mol. The Balaban J connectivity index is 3.45. The van der Waals surface area contributed by atoms with Gasteiger partial charge in [-0.05, 0) is 92.2 Å². The molecule has 0 aliphatic heterocycles. The third kappa shape index (κ3) is 8.04. The standard InChI is InChI=1S/C28H51NO4S/c1-11-25(5,6)32-22-20-27(9,13-3)29(34(30,31)24-18-16-15-17-19-24)28(10,14-4)21-23-33-26(7,8)12-2/h15-19H,11-14,20-23H2,1-10H3. The Morgan fingerprint density at radius 2 is 1.06 bits per heavy atom. The highest BCUT2D eigenvalue weighted by Gasteiger charge is 2.49. The van der Waals surface area contributed by atoms with Crippen molar-refractivity contribution in [2.45, 2.75) is 135 Å². The second kappa shape index (κ2) is 12.3. The van der Waals surface area contributed by atoms with Gasteiger partial charge in [0.05, 0.1) is 16.1 Å². The van der Waals surface area contributed by atoms with Crippen molar-refractivity contribution < 1.29 is 17.9 Å². The fourth-order valence-electron chi connectivity index (χ4n) is 4.07. The Labute approximate surface area is 210 Å². The first-order valence-corrected chi connectivity index (χ1v) is 14.5. The molecule has 0 amide bonds. The van der Waals surface area contributed by atoms with Crippen molar-refractivity contribution in [3.63, 3.8) is 0 Å². The highest BCUT2D eigenvalue weighted by molar-refractivity contribution is 7.89. The van der Waals surface area contributed by atoms with Crippen LogP contribution < -0.4 is 0 Å². The normalized spacial score (nSPS) is 16.9. The zero-order chi connectivity index (χ0) is 26.3. The van der Waals surface area contributed by atoms with Gasteiger partial charge in [-0.2, -0.15) is 4.31 Å². The lowest BCUT2D eigenvalue weighted by atomic mass is 9.86. The molecule has 0 saturated heterocycles. The summed E-state index contributed by atoms with van der Waals surface area (Å²) in [6.45, 7) is 21.8. The van der Waals surface area contributed by atoms with Crippen LogP contribution in [0.2, 0.25) is 0 Å². The second-order valence-electron chi connectivity index (χ2n) is 11.2. The van der Waals surface area contributed by atoms with E-state index in [4.69, 9.17) is 9.47 Å². The molecule has 198 valence electrons. The minimum atomic E-state index is -3.76. The van der Waals surface area contributed by atoms with E-state index in [2.05, 4.69) is 69.2 Å². The monoisotopic (exact) mass is 497 g/mol. The summed E-state index contributed by atoms with van der Waals surface area (Å²) in [4.78, 5) is 0.332. The Hall–Kier alpha value is -0.950. The van der Waals surface area contributed by atoms with Crippen LogP contribution in [0.3, 0.4) is 0 Å². The van der Waals surface area contributed by atoms with Crippen molar-refractivity contribution in [3.05, 3.63) is 30.3 Å². The largest absolute Gasteiger partial charge is 0.376 e. The number of ether oxygens (including phenoxy) is 2. The van der Waals surface area contributed by atoms with Crippen molar-refractivity contribution in [1.29, 1.82) is 0 Å². The van der Waals surface area contributed by atoms with Crippen LogP contribution in [0.4, 0.5) is 0 Å². The summed E-state index contributed by atoms with van der Waals surface area (Å²) in [5, 5.41) is 0. The quantitative estimate of drug-likeness (QED) is 0.242. The average Bonchev–Trinajstić information content (AvgIpc) is 2.79. The van der Waals surface area contributed by atoms with E-state index in [-0.39, 0.29) is 11.2 Å². The molecule has 2 atom stereocenters. The van der Waals surface area contributed by atoms with Gasteiger partial charge in [0, 0.05) is 24.3 Å². The minimum absolute atomic E-state index is 0.231. The van der Waals surface area contributed by atoms with Crippen LogP contribution in [0, 0.1) is 0 Å². The fourth-order valence-corrected chi connectivity index (χ4v) is 6.39. The number of hydrogen-bond acceptors (Lipinski definition) is 4. The Morgan fingerprint density at radius 3 is 1.38 bits per heavy atom. The molecule has 0 N–H and O–H groups in total. The average molecular weight is 498 g/mol. The first-order chi connectivity index (χ1) is 15.6. The van der Waals surface area contributed by atoms with Crippen molar-refractivity contribution in [1.82, 2.24) is 4.31 Å². The van der Waals surface area contributed by atoms with Crippen LogP contribution >= 0.6 is 0 Å². The smallest absolute Gasteiger partial charge is 0.244 e. The lowest BCUT2D eigenvalue weighted by Gasteiger charge is -2.50. The number of nitrogens with zero attached hydrogens (tertiary/aromatic N) is 1. The fraction of sp³-hybridized carbons (Fsp3) is 0.786. The summed E-state index contributed by atoms with van der Waals surface area (Å²) in [7, 11) is -3.76. The molecule has 0 spiro atoms. The maximum atomic E-state index is 14.2. The summed E-state index contributed by atoms with van der Waals surface area (Å²) >= 11 is 0. The molecule has 2 unspecified atom stereocenters. The van der Waals surface area contributed by atoms with Crippen molar-refractivity contribution in [2.24, 2.45) is 0 Å². The van der Waals surface area contributed by atoms with Gasteiger partial charge in [-0.25, -0.2) is 8.42 Å². The molecule has 5 nitrogen and oxygen atoms in total. The second-order valence-corrected chi connectivity index (χ2v) is 13.0. The van der Waals surface area contributed by atoms with Gasteiger partial charge in [-0.3, -0.25) is 0 Å². The SMILES string of the molecule is CCC(C)(C)OCCC(C)(CC)N(C(C)(CC)CCOC(C)(C)CC)S(=O)(=O)c1ccccc1. The molecule has 0 fully saturated rings. The van der Waals surface area contributed by atoms with E-state index in [1.807, 2.05) is 6.07 Å². The number of hydrogen-bond donors (Lipinski definition) is 0. The van der Waals surface area contributed by atoms with Crippen molar-refractivity contribution in [3.8, 4) is 0 Å².